The lowest BCUT2D eigenvalue weighted by Crippen LogP contribution is -2.47. The summed E-state index contributed by atoms with van der Waals surface area (Å²) in [5, 5.41) is 0. The Labute approximate surface area is 161 Å². The molecule has 1 aliphatic heterocycles. The zero-order valence-corrected chi connectivity index (χ0v) is 16.9. The van der Waals surface area contributed by atoms with E-state index < -0.39 is 7.67 Å². The third-order valence-electron chi connectivity index (χ3n) is 5.17. The van der Waals surface area contributed by atoms with Crippen LogP contribution < -0.4 is 0 Å². The van der Waals surface area contributed by atoms with E-state index in [0.29, 0.717) is 37.3 Å². The molecule has 0 radical (unpaired) electrons. The van der Waals surface area contributed by atoms with E-state index in [0.717, 1.165) is 31.4 Å². The van der Waals surface area contributed by atoms with Crippen LogP contribution in [0.2, 0.25) is 0 Å². The van der Waals surface area contributed by atoms with Gasteiger partial charge in [-0.1, -0.05) is 43.2 Å². The fourth-order valence-corrected chi connectivity index (χ4v) is 7.25. The molecular weight excluding hydrogens is 378 g/mol. The zero-order chi connectivity index (χ0) is 17.7. The molecule has 0 bridgehead atoms. The lowest BCUT2D eigenvalue weighted by atomic mass is 9.86. The van der Waals surface area contributed by atoms with Crippen LogP contribution in [0.25, 0.3) is 0 Å². The molecule has 2 aliphatic rings. The number of rotatable bonds is 7. The van der Waals surface area contributed by atoms with Crippen LogP contribution in [0.15, 0.2) is 30.3 Å². The summed E-state index contributed by atoms with van der Waals surface area (Å²) in [5.74, 6) is 1.29. The highest BCUT2D eigenvalue weighted by molar-refractivity contribution is 7.54. The Hall–Kier alpha value is -0.0900. The maximum atomic E-state index is 14.0. The normalized spacial score (nSPS) is 30.4. The Morgan fingerprint density at radius 2 is 1.80 bits per heavy atom. The second-order valence-electron chi connectivity index (χ2n) is 6.84. The number of halogens is 2. The molecule has 0 N–H and O–H groups in total. The van der Waals surface area contributed by atoms with E-state index in [4.69, 9.17) is 27.7 Å². The summed E-state index contributed by atoms with van der Waals surface area (Å²) in [6.07, 6.45) is 4.65. The molecule has 3 atom stereocenters. The first-order chi connectivity index (χ1) is 12.2. The Balaban J connectivity index is 1.87. The van der Waals surface area contributed by atoms with Crippen LogP contribution in [0.1, 0.15) is 31.2 Å². The Morgan fingerprint density at radius 3 is 2.48 bits per heavy atom. The van der Waals surface area contributed by atoms with Crippen LogP contribution in [0, 0.1) is 5.92 Å². The monoisotopic (exact) mass is 404 g/mol. The SMILES string of the molecule is O=P1(N(CCCl)CCCl)O[C@@H]2CCCC[C@H]2CN1Cc1ccccc1. The van der Waals surface area contributed by atoms with Gasteiger partial charge in [0.2, 0.25) is 0 Å². The highest BCUT2D eigenvalue weighted by atomic mass is 35.5. The summed E-state index contributed by atoms with van der Waals surface area (Å²) in [6, 6.07) is 10.2. The van der Waals surface area contributed by atoms with Crippen molar-refractivity contribution >= 4 is 30.9 Å². The van der Waals surface area contributed by atoms with Crippen LogP contribution in [0.4, 0.5) is 0 Å². The smallest absolute Gasteiger partial charge is 0.302 e. The Kier molecular flexibility index (Phi) is 7.25. The van der Waals surface area contributed by atoms with Crippen LogP contribution in [-0.2, 0) is 15.6 Å². The minimum atomic E-state index is -3.12. The van der Waals surface area contributed by atoms with E-state index in [9.17, 15) is 4.57 Å². The Morgan fingerprint density at radius 1 is 1.12 bits per heavy atom. The molecule has 1 aromatic carbocycles. The van der Waals surface area contributed by atoms with E-state index in [1.807, 2.05) is 27.5 Å². The summed E-state index contributed by atoms with van der Waals surface area (Å²) in [6.45, 7) is 2.49. The third-order valence-corrected chi connectivity index (χ3v) is 8.18. The first-order valence-electron chi connectivity index (χ1n) is 9.12. The van der Waals surface area contributed by atoms with Gasteiger partial charge in [0.15, 0.2) is 0 Å². The van der Waals surface area contributed by atoms with Crippen molar-refractivity contribution in [2.24, 2.45) is 5.92 Å². The summed E-state index contributed by atoms with van der Waals surface area (Å²) >= 11 is 12.0. The van der Waals surface area contributed by atoms with Crippen molar-refractivity contribution in [1.29, 1.82) is 0 Å². The fraction of sp³-hybridized carbons (Fsp3) is 0.667. The molecule has 0 amide bonds. The average molecular weight is 405 g/mol. The van der Waals surface area contributed by atoms with Gasteiger partial charge < -0.3 is 4.52 Å². The standard InChI is InChI=1S/C18H27Cl2N2O2P/c19-10-12-21(13-11-20)25(23)22(14-16-6-2-1-3-7-16)15-17-8-4-5-9-18(17)24-25/h1-3,6-7,17-18H,4-5,8-15H2/t17-,18+,25?/m0/s1. The summed E-state index contributed by atoms with van der Waals surface area (Å²) < 4.78 is 24.3. The van der Waals surface area contributed by atoms with Crippen LogP contribution in [0.3, 0.4) is 0 Å². The van der Waals surface area contributed by atoms with Gasteiger partial charge in [-0.05, 0) is 24.3 Å². The largest absolute Gasteiger partial charge is 0.346 e. The van der Waals surface area contributed by atoms with E-state index in [2.05, 4.69) is 12.1 Å². The number of hydrogen-bond acceptors (Lipinski definition) is 2. The molecule has 1 aromatic rings. The lowest BCUT2D eigenvalue weighted by molar-refractivity contribution is 0.0221. The molecule has 1 heterocycles. The minimum Gasteiger partial charge on any atom is -0.302 e. The second-order valence-corrected chi connectivity index (χ2v) is 9.92. The first kappa shape index (κ1) is 19.7. The highest BCUT2D eigenvalue weighted by Gasteiger charge is 2.48. The van der Waals surface area contributed by atoms with Crippen LogP contribution >= 0.6 is 30.9 Å². The van der Waals surface area contributed by atoms with Gasteiger partial charge in [-0.2, -0.15) is 0 Å². The van der Waals surface area contributed by atoms with Gasteiger partial charge in [-0.15, -0.1) is 23.2 Å². The minimum absolute atomic E-state index is 0.0970. The first-order valence-corrected chi connectivity index (χ1v) is 11.7. The predicted octanol–water partition coefficient (Wildman–Crippen LogP) is 4.97. The zero-order valence-electron chi connectivity index (χ0n) is 14.5. The van der Waals surface area contributed by atoms with Crippen LogP contribution in [0.5, 0.6) is 0 Å². The van der Waals surface area contributed by atoms with Gasteiger partial charge in [0, 0.05) is 37.9 Å². The summed E-state index contributed by atoms with van der Waals surface area (Å²) in [7, 11) is -3.12. The van der Waals surface area contributed by atoms with Gasteiger partial charge in [0.25, 0.3) is 0 Å². The molecular formula is C18H27Cl2N2O2P. The number of hydrogen-bond donors (Lipinski definition) is 0. The Bertz CT molecular complexity index is 584. The van der Waals surface area contributed by atoms with E-state index in [-0.39, 0.29) is 6.10 Å². The number of alkyl halides is 2. The molecule has 1 aliphatic carbocycles. The number of benzene rings is 1. The molecule has 1 saturated carbocycles. The van der Waals surface area contributed by atoms with E-state index in [1.54, 1.807) is 0 Å². The topological polar surface area (TPSA) is 32.8 Å². The van der Waals surface area contributed by atoms with Crippen molar-refractivity contribution < 1.29 is 9.09 Å². The molecule has 140 valence electrons. The molecule has 1 unspecified atom stereocenters. The van der Waals surface area contributed by atoms with Crippen molar-refractivity contribution in [3.63, 3.8) is 0 Å². The molecule has 2 fully saturated rings. The van der Waals surface area contributed by atoms with Gasteiger partial charge in [-0.3, -0.25) is 4.57 Å². The fourth-order valence-electron chi connectivity index (χ4n) is 3.89. The summed E-state index contributed by atoms with van der Waals surface area (Å²) in [4.78, 5) is 0. The van der Waals surface area contributed by atoms with Gasteiger partial charge in [0.05, 0.1) is 6.10 Å². The molecule has 4 nitrogen and oxygen atoms in total. The van der Waals surface area contributed by atoms with Crippen molar-refractivity contribution in [2.45, 2.75) is 38.3 Å². The van der Waals surface area contributed by atoms with Crippen molar-refractivity contribution in [1.82, 2.24) is 9.34 Å². The molecule has 25 heavy (non-hydrogen) atoms. The molecule has 0 aromatic heterocycles. The molecule has 7 heteroatoms. The second kappa shape index (κ2) is 9.21. The van der Waals surface area contributed by atoms with Crippen molar-refractivity contribution in [3.05, 3.63) is 35.9 Å². The number of fused-ring (bicyclic) bond motifs is 1. The van der Waals surface area contributed by atoms with Crippen molar-refractivity contribution in [2.75, 3.05) is 31.4 Å². The quantitative estimate of drug-likeness (QED) is 0.474. The van der Waals surface area contributed by atoms with E-state index in [1.165, 1.54) is 6.42 Å². The lowest BCUT2D eigenvalue weighted by Gasteiger charge is -2.48. The van der Waals surface area contributed by atoms with Gasteiger partial charge in [-0.25, -0.2) is 9.34 Å². The number of nitrogens with zero attached hydrogens (tertiary/aromatic N) is 2. The molecule has 0 spiro atoms. The third kappa shape index (κ3) is 4.61. The average Bonchev–Trinajstić information content (AvgIpc) is 2.63. The highest BCUT2D eigenvalue weighted by Crippen LogP contribution is 2.60. The van der Waals surface area contributed by atoms with Crippen LogP contribution in [-0.4, -0.2) is 46.8 Å². The predicted molar refractivity (Wildman–Crippen MR) is 104 cm³/mol. The molecule has 3 rings (SSSR count). The van der Waals surface area contributed by atoms with Gasteiger partial charge >= 0.3 is 7.67 Å². The molecule has 1 saturated heterocycles. The maximum Gasteiger partial charge on any atom is 0.346 e. The van der Waals surface area contributed by atoms with Gasteiger partial charge in [0.1, 0.15) is 0 Å². The maximum absolute atomic E-state index is 14.0. The van der Waals surface area contributed by atoms with Crippen molar-refractivity contribution in [3.8, 4) is 0 Å². The summed E-state index contributed by atoms with van der Waals surface area (Å²) in [5.41, 5.74) is 1.15. The van der Waals surface area contributed by atoms with E-state index >= 15 is 0 Å².